The Morgan fingerprint density at radius 1 is 1.50 bits per heavy atom. The van der Waals surface area contributed by atoms with E-state index < -0.39 is 0 Å². The van der Waals surface area contributed by atoms with Gasteiger partial charge in [-0.25, -0.2) is 0 Å². The third kappa shape index (κ3) is 3.56. The molecule has 0 aliphatic heterocycles. The van der Waals surface area contributed by atoms with E-state index in [1.54, 1.807) is 0 Å². The fraction of sp³-hybridized carbons (Fsp3) is 1.00. The molecular weight excluding hydrogens is 128 g/mol. The summed E-state index contributed by atoms with van der Waals surface area (Å²) >= 11 is 0. The molecule has 0 heterocycles. The molecule has 3 nitrogen and oxygen atoms in total. The molecule has 0 fully saturated rings. The summed E-state index contributed by atoms with van der Waals surface area (Å²) in [5.41, 5.74) is 0. The van der Waals surface area contributed by atoms with Crippen molar-refractivity contribution in [1.82, 2.24) is 4.90 Å². The van der Waals surface area contributed by atoms with Gasteiger partial charge >= 0.3 is 0 Å². The van der Waals surface area contributed by atoms with E-state index in [4.69, 9.17) is 0 Å². The molecular formula is C7H16N2O. The minimum Gasteiger partial charge on any atom is -0.304 e. The normalized spacial score (nSPS) is 13.6. The van der Waals surface area contributed by atoms with Gasteiger partial charge < -0.3 is 4.90 Å². The van der Waals surface area contributed by atoms with Gasteiger partial charge in [0.25, 0.3) is 0 Å². The summed E-state index contributed by atoms with van der Waals surface area (Å²) in [5, 5.41) is 2.88. The van der Waals surface area contributed by atoms with Gasteiger partial charge in [-0.05, 0) is 20.5 Å². The van der Waals surface area contributed by atoms with E-state index in [0.29, 0.717) is 12.6 Å². The lowest BCUT2D eigenvalue weighted by atomic mass is 10.1. The first-order chi connectivity index (χ1) is 4.72. The van der Waals surface area contributed by atoms with Crippen LogP contribution in [0, 0.1) is 4.91 Å². The smallest absolute Gasteiger partial charge is 0.0966 e. The zero-order valence-electron chi connectivity index (χ0n) is 7.00. The molecule has 0 aromatic carbocycles. The molecule has 1 atom stereocenters. The molecule has 0 rings (SSSR count). The van der Waals surface area contributed by atoms with Crippen molar-refractivity contribution >= 4 is 0 Å². The van der Waals surface area contributed by atoms with Crippen LogP contribution in [0.25, 0.3) is 0 Å². The van der Waals surface area contributed by atoms with Crippen LogP contribution in [-0.2, 0) is 0 Å². The lowest BCUT2D eigenvalue weighted by Crippen LogP contribution is -2.30. The predicted molar refractivity (Wildman–Crippen MR) is 43.0 cm³/mol. The molecule has 0 saturated carbocycles. The van der Waals surface area contributed by atoms with Crippen LogP contribution >= 0.6 is 0 Å². The first-order valence-electron chi connectivity index (χ1n) is 3.68. The van der Waals surface area contributed by atoms with E-state index in [-0.39, 0.29) is 0 Å². The number of likely N-dealkylation sites (N-methyl/N-ethyl adjacent to an activating group) is 1. The van der Waals surface area contributed by atoms with Crippen molar-refractivity contribution < 1.29 is 0 Å². The van der Waals surface area contributed by atoms with Crippen LogP contribution in [0.5, 0.6) is 0 Å². The number of nitroso groups, excluding NO2 is 1. The standard InChI is InChI=1S/C7H16N2O/c1-4-5-7(6-8-10)9(2)3/h7H,4-6H2,1-3H3/t7-/m1/s1. The number of nitrogens with zero attached hydrogens (tertiary/aromatic N) is 2. The Bertz CT molecular complexity index is 93.6. The van der Waals surface area contributed by atoms with Crippen LogP contribution in [0.15, 0.2) is 5.18 Å². The van der Waals surface area contributed by atoms with E-state index >= 15 is 0 Å². The van der Waals surface area contributed by atoms with E-state index in [1.165, 1.54) is 0 Å². The molecule has 0 bridgehead atoms. The SMILES string of the molecule is CCC[C@H](CN=O)N(C)C. The molecule has 0 aromatic heterocycles. The van der Waals surface area contributed by atoms with Crippen LogP contribution < -0.4 is 0 Å². The van der Waals surface area contributed by atoms with Crippen LogP contribution in [0.2, 0.25) is 0 Å². The highest BCUT2D eigenvalue weighted by Gasteiger charge is 2.08. The van der Waals surface area contributed by atoms with Gasteiger partial charge in [-0.1, -0.05) is 18.5 Å². The second-order valence-electron chi connectivity index (χ2n) is 2.72. The molecule has 0 aliphatic carbocycles. The molecule has 0 spiro atoms. The first-order valence-corrected chi connectivity index (χ1v) is 3.68. The average molecular weight is 144 g/mol. The number of hydrogen-bond donors (Lipinski definition) is 0. The van der Waals surface area contributed by atoms with E-state index in [9.17, 15) is 4.91 Å². The zero-order chi connectivity index (χ0) is 7.98. The second kappa shape index (κ2) is 5.35. The topological polar surface area (TPSA) is 32.7 Å². The average Bonchev–Trinajstić information content (AvgIpc) is 1.87. The summed E-state index contributed by atoms with van der Waals surface area (Å²) < 4.78 is 0. The maximum atomic E-state index is 9.92. The Balaban J connectivity index is 3.60. The van der Waals surface area contributed by atoms with Gasteiger partial charge in [0.05, 0.1) is 6.54 Å². The third-order valence-corrected chi connectivity index (χ3v) is 1.64. The highest BCUT2D eigenvalue weighted by atomic mass is 16.3. The number of rotatable bonds is 5. The Labute approximate surface area is 62.4 Å². The molecule has 0 amide bonds. The van der Waals surface area contributed by atoms with E-state index in [1.807, 2.05) is 19.0 Å². The Morgan fingerprint density at radius 2 is 2.10 bits per heavy atom. The van der Waals surface area contributed by atoms with Gasteiger partial charge in [0, 0.05) is 6.04 Å². The summed E-state index contributed by atoms with van der Waals surface area (Å²) in [7, 11) is 3.96. The molecule has 10 heavy (non-hydrogen) atoms. The van der Waals surface area contributed by atoms with Crippen molar-refractivity contribution in [3.8, 4) is 0 Å². The van der Waals surface area contributed by atoms with Crippen molar-refractivity contribution in [2.24, 2.45) is 5.18 Å². The van der Waals surface area contributed by atoms with E-state index in [0.717, 1.165) is 12.8 Å². The van der Waals surface area contributed by atoms with E-state index in [2.05, 4.69) is 12.1 Å². The first kappa shape index (κ1) is 9.56. The number of hydrogen-bond acceptors (Lipinski definition) is 3. The molecule has 0 radical (unpaired) electrons. The van der Waals surface area contributed by atoms with Crippen LogP contribution in [0.1, 0.15) is 19.8 Å². The lowest BCUT2D eigenvalue weighted by molar-refractivity contribution is 0.283. The molecule has 0 aliphatic rings. The van der Waals surface area contributed by atoms with Gasteiger partial charge in [-0.3, -0.25) is 0 Å². The van der Waals surface area contributed by atoms with Crippen molar-refractivity contribution in [3.63, 3.8) is 0 Å². The molecule has 0 aromatic rings. The van der Waals surface area contributed by atoms with Gasteiger partial charge in [-0.15, -0.1) is 0 Å². The van der Waals surface area contributed by atoms with Gasteiger partial charge in [-0.2, -0.15) is 4.91 Å². The fourth-order valence-corrected chi connectivity index (χ4v) is 0.932. The fourth-order valence-electron chi connectivity index (χ4n) is 0.932. The van der Waals surface area contributed by atoms with Crippen molar-refractivity contribution in [1.29, 1.82) is 0 Å². The van der Waals surface area contributed by atoms with Crippen LogP contribution in [-0.4, -0.2) is 31.6 Å². The van der Waals surface area contributed by atoms with Gasteiger partial charge in [0.15, 0.2) is 0 Å². The Hall–Kier alpha value is -0.440. The van der Waals surface area contributed by atoms with Gasteiger partial charge in [0.2, 0.25) is 0 Å². The molecule has 3 heteroatoms. The molecule has 0 saturated heterocycles. The minimum absolute atomic E-state index is 0.336. The molecule has 0 N–H and O–H groups in total. The monoisotopic (exact) mass is 144 g/mol. The third-order valence-electron chi connectivity index (χ3n) is 1.64. The summed E-state index contributed by atoms with van der Waals surface area (Å²) in [6.07, 6.45) is 2.16. The Morgan fingerprint density at radius 3 is 2.40 bits per heavy atom. The molecule has 0 unspecified atom stereocenters. The van der Waals surface area contributed by atoms with Crippen LogP contribution in [0.4, 0.5) is 0 Å². The highest BCUT2D eigenvalue weighted by Crippen LogP contribution is 2.02. The Kier molecular flexibility index (Phi) is 5.12. The maximum absolute atomic E-state index is 9.92. The lowest BCUT2D eigenvalue weighted by Gasteiger charge is -2.20. The van der Waals surface area contributed by atoms with Gasteiger partial charge in [0.1, 0.15) is 0 Å². The maximum Gasteiger partial charge on any atom is 0.0966 e. The second-order valence-corrected chi connectivity index (χ2v) is 2.72. The van der Waals surface area contributed by atoms with Crippen molar-refractivity contribution in [2.75, 3.05) is 20.6 Å². The summed E-state index contributed by atoms with van der Waals surface area (Å²) in [6.45, 7) is 2.53. The predicted octanol–water partition coefficient (Wildman–Crippen LogP) is 1.48. The largest absolute Gasteiger partial charge is 0.304 e. The summed E-state index contributed by atoms with van der Waals surface area (Å²) in [4.78, 5) is 12.0. The van der Waals surface area contributed by atoms with Crippen molar-refractivity contribution in [3.05, 3.63) is 4.91 Å². The minimum atomic E-state index is 0.336. The molecule has 60 valence electrons. The zero-order valence-corrected chi connectivity index (χ0v) is 7.00. The quantitative estimate of drug-likeness (QED) is 0.547. The summed E-state index contributed by atoms with van der Waals surface area (Å²) in [5.74, 6) is 0. The summed E-state index contributed by atoms with van der Waals surface area (Å²) in [6, 6.07) is 0.336. The highest BCUT2D eigenvalue weighted by molar-refractivity contribution is 4.67. The van der Waals surface area contributed by atoms with Crippen molar-refractivity contribution in [2.45, 2.75) is 25.8 Å². The van der Waals surface area contributed by atoms with Crippen LogP contribution in [0.3, 0.4) is 0 Å².